The zero-order valence-corrected chi connectivity index (χ0v) is 10.8. The summed E-state index contributed by atoms with van der Waals surface area (Å²) >= 11 is 7.49. The van der Waals surface area contributed by atoms with Crippen molar-refractivity contribution < 1.29 is 0 Å². The number of nitrogen functional groups attached to an aromatic ring is 1. The van der Waals surface area contributed by atoms with Gasteiger partial charge in [-0.25, -0.2) is 3.96 Å². The molecule has 0 aliphatic rings. The van der Waals surface area contributed by atoms with Gasteiger partial charge in [0.05, 0.1) is 20.8 Å². The minimum atomic E-state index is -0.0666. The van der Waals surface area contributed by atoms with Crippen LogP contribution in [0.4, 0.5) is 5.69 Å². The zero-order valence-electron chi connectivity index (χ0n) is 9.26. The van der Waals surface area contributed by atoms with E-state index in [1.54, 1.807) is 22.2 Å². The minimum Gasteiger partial charge on any atom is -0.399 e. The molecule has 0 atom stereocenters. The number of halogens is 1. The van der Waals surface area contributed by atoms with E-state index in [0.717, 1.165) is 4.70 Å². The van der Waals surface area contributed by atoms with Crippen LogP contribution in [0.1, 0.15) is 0 Å². The molecule has 90 valence electrons. The maximum Gasteiger partial charge on any atom is 0.273 e. The lowest BCUT2D eigenvalue weighted by Gasteiger charge is -2.04. The highest BCUT2D eigenvalue weighted by Crippen LogP contribution is 2.26. The van der Waals surface area contributed by atoms with Crippen LogP contribution in [0.15, 0.2) is 47.3 Å². The first-order valence-electron chi connectivity index (χ1n) is 5.33. The molecule has 3 nitrogen and oxygen atoms in total. The third-order valence-electron chi connectivity index (χ3n) is 2.68. The van der Waals surface area contributed by atoms with Crippen LogP contribution in [-0.2, 0) is 0 Å². The third kappa shape index (κ3) is 1.70. The maximum absolute atomic E-state index is 12.3. The summed E-state index contributed by atoms with van der Waals surface area (Å²) < 4.78 is 2.50. The summed E-state index contributed by atoms with van der Waals surface area (Å²) in [6, 6.07) is 12.6. The number of nitrogens with two attached hydrogens (primary N) is 1. The fourth-order valence-corrected chi connectivity index (χ4v) is 3.09. The third-order valence-corrected chi connectivity index (χ3v) is 4.10. The molecule has 0 saturated heterocycles. The molecule has 5 heteroatoms. The lowest BCUT2D eigenvalue weighted by Crippen LogP contribution is -2.11. The molecule has 0 aliphatic heterocycles. The Hall–Kier alpha value is -1.78. The zero-order chi connectivity index (χ0) is 12.7. The van der Waals surface area contributed by atoms with E-state index < -0.39 is 0 Å². The predicted molar refractivity (Wildman–Crippen MR) is 76.8 cm³/mol. The Kier molecular flexibility index (Phi) is 2.61. The molecule has 0 bridgehead atoms. The average molecular weight is 277 g/mol. The van der Waals surface area contributed by atoms with Gasteiger partial charge in [-0.1, -0.05) is 35.3 Å². The molecular weight excluding hydrogens is 268 g/mol. The van der Waals surface area contributed by atoms with Gasteiger partial charge < -0.3 is 5.73 Å². The summed E-state index contributed by atoms with van der Waals surface area (Å²) in [6.45, 7) is 0. The Morgan fingerprint density at radius 3 is 2.72 bits per heavy atom. The predicted octanol–water partition coefficient (Wildman–Crippen LogP) is 3.29. The Bertz CT molecular complexity index is 791. The SMILES string of the molecule is Nc1ccc(Cl)c(-n2sc3ccccc3c2=O)c1. The number of rotatable bonds is 1. The van der Waals surface area contributed by atoms with Crippen molar-refractivity contribution in [2.75, 3.05) is 5.73 Å². The molecule has 0 spiro atoms. The summed E-state index contributed by atoms with van der Waals surface area (Å²) in [7, 11) is 0. The molecule has 1 heterocycles. The second-order valence-corrected chi connectivity index (χ2v) is 5.29. The average Bonchev–Trinajstić information content (AvgIpc) is 2.71. The van der Waals surface area contributed by atoms with Crippen LogP contribution in [0.25, 0.3) is 15.8 Å². The maximum atomic E-state index is 12.3. The number of fused-ring (bicyclic) bond motifs is 1. The van der Waals surface area contributed by atoms with Gasteiger partial charge in [-0.05, 0) is 30.3 Å². The molecule has 0 aliphatic carbocycles. The Morgan fingerprint density at radius 2 is 1.94 bits per heavy atom. The van der Waals surface area contributed by atoms with Crippen molar-refractivity contribution in [2.24, 2.45) is 0 Å². The van der Waals surface area contributed by atoms with Crippen LogP contribution in [0, 0.1) is 0 Å². The van der Waals surface area contributed by atoms with Gasteiger partial charge in [0.25, 0.3) is 5.56 Å². The van der Waals surface area contributed by atoms with Gasteiger partial charge in [0.15, 0.2) is 0 Å². The molecule has 2 aromatic carbocycles. The molecule has 18 heavy (non-hydrogen) atoms. The summed E-state index contributed by atoms with van der Waals surface area (Å²) in [5, 5.41) is 1.21. The van der Waals surface area contributed by atoms with Gasteiger partial charge in [0.2, 0.25) is 0 Å². The fourth-order valence-electron chi connectivity index (χ4n) is 1.82. The highest BCUT2D eigenvalue weighted by molar-refractivity contribution is 7.14. The standard InChI is InChI=1S/C13H9ClN2OS/c14-10-6-5-8(15)7-11(10)16-13(17)9-3-1-2-4-12(9)18-16/h1-7H,15H2. The van der Waals surface area contributed by atoms with Gasteiger partial charge in [-0.3, -0.25) is 4.79 Å². The van der Waals surface area contributed by atoms with Crippen LogP contribution < -0.4 is 11.3 Å². The molecule has 0 amide bonds. The number of nitrogens with zero attached hydrogens (tertiary/aromatic N) is 1. The van der Waals surface area contributed by atoms with E-state index in [-0.39, 0.29) is 5.56 Å². The highest BCUT2D eigenvalue weighted by atomic mass is 35.5. The van der Waals surface area contributed by atoms with Gasteiger partial charge in [0, 0.05) is 5.69 Å². The summed E-state index contributed by atoms with van der Waals surface area (Å²) in [6.07, 6.45) is 0. The largest absolute Gasteiger partial charge is 0.399 e. The molecule has 1 aromatic heterocycles. The van der Waals surface area contributed by atoms with E-state index in [1.807, 2.05) is 24.3 Å². The van der Waals surface area contributed by atoms with E-state index in [4.69, 9.17) is 17.3 Å². The van der Waals surface area contributed by atoms with Crippen molar-refractivity contribution in [1.82, 2.24) is 3.96 Å². The van der Waals surface area contributed by atoms with E-state index >= 15 is 0 Å². The number of hydrogen-bond donors (Lipinski definition) is 1. The normalized spacial score (nSPS) is 10.9. The van der Waals surface area contributed by atoms with E-state index in [9.17, 15) is 4.79 Å². The topological polar surface area (TPSA) is 48.0 Å². The van der Waals surface area contributed by atoms with Crippen LogP contribution in [-0.4, -0.2) is 3.96 Å². The molecule has 2 N–H and O–H groups in total. The lowest BCUT2D eigenvalue weighted by atomic mass is 10.2. The second kappa shape index (κ2) is 4.15. The minimum absolute atomic E-state index is 0.0666. The lowest BCUT2D eigenvalue weighted by molar-refractivity contribution is 1.15. The molecular formula is C13H9ClN2OS. The van der Waals surface area contributed by atoms with E-state index in [2.05, 4.69) is 0 Å². The summed E-state index contributed by atoms with van der Waals surface area (Å²) in [5.74, 6) is 0. The van der Waals surface area contributed by atoms with Gasteiger partial charge in [-0.15, -0.1) is 0 Å². The summed E-state index contributed by atoms with van der Waals surface area (Å²) in [5.41, 5.74) is 6.88. The van der Waals surface area contributed by atoms with Crippen LogP contribution >= 0.6 is 23.1 Å². The molecule has 0 saturated carbocycles. The van der Waals surface area contributed by atoms with Crippen LogP contribution in [0.2, 0.25) is 5.02 Å². The first kappa shape index (κ1) is 11.3. The molecule has 0 fully saturated rings. The van der Waals surface area contributed by atoms with Crippen molar-refractivity contribution in [2.45, 2.75) is 0 Å². The van der Waals surface area contributed by atoms with E-state index in [1.165, 1.54) is 11.5 Å². The fraction of sp³-hybridized carbons (Fsp3) is 0. The number of anilines is 1. The van der Waals surface area contributed by atoms with Crippen molar-refractivity contribution in [3.8, 4) is 5.69 Å². The van der Waals surface area contributed by atoms with Crippen molar-refractivity contribution in [3.63, 3.8) is 0 Å². The van der Waals surface area contributed by atoms with Crippen LogP contribution in [0.3, 0.4) is 0 Å². The monoisotopic (exact) mass is 276 g/mol. The first-order valence-corrected chi connectivity index (χ1v) is 6.48. The van der Waals surface area contributed by atoms with Gasteiger partial charge in [-0.2, -0.15) is 0 Å². The van der Waals surface area contributed by atoms with Crippen molar-refractivity contribution in [1.29, 1.82) is 0 Å². The van der Waals surface area contributed by atoms with Gasteiger partial charge >= 0.3 is 0 Å². The number of aromatic nitrogens is 1. The quantitative estimate of drug-likeness (QED) is 0.693. The van der Waals surface area contributed by atoms with Crippen molar-refractivity contribution >= 4 is 38.9 Å². The number of benzene rings is 2. The number of hydrogen-bond acceptors (Lipinski definition) is 3. The van der Waals surface area contributed by atoms with Crippen LogP contribution in [0.5, 0.6) is 0 Å². The smallest absolute Gasteiger partial charge is 0.273 e. The Morgan fingerprint density at radius 1 is 1.17 bits per heavy atom. The Balaban J connectivity index is 2.35. The molecule has 3 aromatic rings. The second-order valence-electron chi connectivity index (χ2n) is 3.90. The molecule has 0 radical (unpaired) electrons. The van der Waals surface area contributed by atoms with E-state index in [0.29, 0.717) is 21.8 Å². The molecule has 0 unspecified atom stereocenters. The van der Waals surface area contributed by atoms with Crippen molar-refractivity contribution in [3.05, 3.63) is 57.8 Å². The molecule has 3 rings (SSSR count). The highest BCUT2D eigenvalue weighted by Gasteiger charge is 2.11. The Labute approximate surface area is 112 Å². The summed E-state index contributed by atoms with van der Waals surface area (Å²) in [4.78, 5) is 12.3. The first-order chi connectivity index (χ1) is 8.66. The van der Waals surface area contributed by atoms with Gasteiger partial charge in [0.1, 0.15) is 0 Å².